The fraction of sp³-hybridized carbons (Fsp3) is 0.0588. The molecular weight excluding hydrogens is 268 g/mol. The summed E-state index contributed by atoms with van der Waals surface area (Å²) < 4.78 is 0. The largest absolute Gasteiger partial charge is 0.130 e. The zero-order valence-electron chi connectivity index (χ0n) is 10.6. The monoisotopic (exact) mass is 282 g/mol. The fourth-order valence-electron chi connectivity index (χ4n) is 2.59. The maximum Gasteiger partial charge on any atom is 0.118 e. The molecule has 0 fully saturated rings. The molecule has 0 aliphatic carbocycles. The smallest absolute Gasteiger partial charge is 0.118 e. The maximum atomic E-state index is 6.30. The molecule has 2 heteroatoms. The Morgan fingerprint density at radius 3 is 2.21 bits per heavy atom. The molecule has 1 unspecified atom stereocenters. The predicted octanol–water partition coefficient (Wildman–Crippen LogP) is 2.96. The van der Waals surface area contributed by atoms with E-state index in [1.807, 2.05) is 0 Å². The Balaban J connectivity index is 2.17. The number of hydrogen-bond donors (Lipinski definition) is 0. The van der Waals surface area contributed by atoms with E-state index in [0.717, 1.165) is 5.50 Å². The van der Waals surface area contributed by atoms with Gasteiger partial charge in [0.1, 0.15) is 8.80 Å². The van der Waals surface area contributed by atoms with Crippen molar-refractivity contribution in [1.82, 2.24) is 0 Å². The third-order valence-electron chi connectivity index (χ3n) is 3.56. The highest BCUT2D eigenvalue weighted by Crippen LogP contribution is 2.12. The number of benzene rings is 3. The number of rotatable bonds is 3. The van der Waals surface area contributed by atoms with Crippen molar-refractivity contribution in [1.29, 1.82) is 0 Å². The van der Waals surface area contributed by atoms with Crippen molar-refractivity contribution in [3.05, 3.63) is 72.8 Å². The molecule has 0 aromatic heterocycles. The molecule has 0 saturated heterocycles. The van der Waals surface area contributed by atoms with Gasteiger partial charge in [0.2, 0.25) is 0 Å². The lowest BCUT2D eigenvalue weighted by molar-refractivity contribution is 1.73. The van der Waals surface area contributed by atoms with Crippen LogP contribution in [0.1, 0.15) is 0 Å². The first-order chi connectivity index (χ1) is 9.40. The molecule has 0 radical (unpaired) electrons. The number of alkyl halides is 1. The number of fused-ring (bicyclic) bond motifs is 1. The molecule has 94 valence electrons. The van der Waals surface area contributed by atoms with Crippen LogP contribution in [0.5, 0.6) is 0 Å². The van der Waals surface area contributed by atoms with Gasteiger partial charge in [0.15, 0.2) is 0 Å². The van der Waals surface area contributed by atoms with Gasteiger partial charge in [0.25, 0.3) is 0 Å². The van der Waals surface area contributed by atoms with Gasteiger partial charge < -0.3 is 0 Å². The molecule has 19 heavy (non-hydrogen) atoms. The molecular formula is C17H15ClSi. The lowest BCUT2D eigenvalue weighted by Gasteiger charge is -2.15. The number of halogens is 1. The Hall–Kier alpha value is -1.57. The minimum Gasteiger partial charge on any atom is -0.130 e. The molecule has 3 aromatic rings. The Kier molecular flexibility index (Phi) is 3.67. The van der Waals surface area contributed by atoms with Crippen LogP contribution in [0.3, 0.4) is 0 Å². The van der Waals surface area contributed by atoms with Crippen LogP contribution in [-0.2, 0) is 0 Å². The number of hydrogen-bond acceptors (Lipinski definition) is 0. The van der Waals surface area contributed by atoms with Gasteiger partial charge in [-0.05, 0) is 16.0 Å². The van der Waals surface area contributed by atoms with E-state index in [4.69, 9.17) is 11.6 Å². The summed E-state index contributed by atoms with van der Waals surface area (Å²) in [6.07, 6.45) is 0. The second-order valence-electron chi connectivity index (χ2n) is 4.69. The molecule has 0 bridgehead atoms. The summed E-state index contributed by atoms with van der Waals surface area (Å²) in [6, 6.07) is 25.8. The van der Waals surface area contributed by atoms with Crippen LogP contribution in [0.4, 0.5) is 0 Å². The summed E-state index contributed by atoms with van der Waals surface area (Å²) in [6.45, 7) is 0. The summed E-state index contributed by atoms with van der Waals surface area (Å²) in [5.41, 5.74) is 0.734. The third kappa shape index (κ3) is 2.44. The first kappa shape index (κ1) is 12.5. The molecule has 3 aromatic carbocycles. The van der Waals surface area contributed by atoms with Crippen molar-refractivity contribution in [2.24, 2.45) is 0 Å². The average Bonchev–Trinajstić information content (AvgIpc) is 2.49. The summed E-state index contributed by atoms with van der Waals surface area (Å²) in [5, 5.41) is 5.51. The standard InChI is InChI=1S/C17H15ClSi/c18-13-19(15-9-2-1-3-10-15)17-12-6-8-14-7-4-5-11-16(14)17/h1-12,19H,13H2. The molecule has 0 spiro atoms. The van der Waals surface area contributed by atoms with Crippen LogP contribution in [0.25, 0.3) is 10.8 Å². The molecule has 0 aliphatic rings. The molecule has 0 heterocycles. The van der Waals surface area contributed by atoms with Crippen LogP contribution in [0, 0.1) is 0 Å². The van der Waals surface area contributed by atoms with E-state index in [0.29, 0.717) is 0 Å². The minimum atomic E-state index is -1.31. The first-order valence-electron chi connectivity index (χ1n) is 6.48. The second kappa shape index (κ2) is 5.60. The van der Waals surface area contributed by atoms with Crippen molar-refractivity contribution >= 4 is 41.5 Å². The van der Waals surface area contributed by atoms with Crippen molar-refractivity contribution in [3.8, 4) is 0 Å². The minimum absolute atomic E-state index is 0.734. The quantitative estimate of drug-likeness (QED) is 0.512. The van der Waals surface area contributed by atoms with Crippen LogP contribution < -0.4 is 10.4 Å². The van der Waals surface area contributed by atoms with Crippen LogP contribution in [0.2, 0.25) is 0 Å². The Morgan fingerprint density at radius 1 is 0.737 bits per heavy atom. The molecule has 0 aliphatic heterocycles. The summed E-state index contributed by atoms with van der Waals surface area (Å²) in [7, 11) is -1.31. The summed E-state index contributed by atoms with van der Waals surface area (Å²) >= 11 is 6.30. The Labute approximate surface area is 120 Å². The summed E-state index contributed by atoms with van der Waals surface area (Å²) in [5.74, 6) is 0. The van der Waals surface area contributed by atoms with Crippen molar-refractivity contribution in [2.45, 2.75) is 0 Å². The SMILES string of the molecule is ClC[SiH](c1ccccc1)c1cccc2ccccc12. The van der Waals surface area contributed by atoms with E-state index < -0.39 is 8.80 Å². The first-order valence-corrected chi connectivity index (χ1v) is 8.99. The molecule has 0 saturated carbocycles. The zero-order valence-corrected chi connectivity index (χ0v) is 12.5. The topological polar surface area (TPSA) is 0 Å². The van der Waals surface area contributed by atoms with E-state index in [2.05, 4.69) is 72.8 Å². The van der Waals surface area contributed by atoms with Gasteiger partial charge in [-0.1, -0.05) is 78.0 Å². The highest BCUT2D eigenvalue weighted by Gasteiger charge is 2.16. The van der Waals surface area contributed by atoms with Crippen LogP contribution in [0.15, 0.2) is 72.8 Å². The Bertz CT molecular complexity index is 674. The third-order valence-corrected chi connectivity index (χ3v) is 7.23. The van der Waals surface area contributed by atoms with E-state index in [9.17, 15) is 0 Å². The molecule has 0 amide bonds. The summed E-state index contributed by atoms with van der Waals surface area (Å²) in [4.78, 5) is 0. The second-order valence-corrected chi connectivity index (χ2v) is 8.31. The normalized spacial score (nSPS) is 12.5. The molecule has 3 rings (SSSR count). The molecule has 0 N–H and O–H groups in total. The van der Waals surface area contributed by atoms with Gasteiger partial charge in [-0.15, -0.1) is 11.6 Å². The van der Waals surface area contributed by atoms with Crippen molar-refractivity contribution in [3.63, 3.8) is 0 Å². The highest BCUT2D eigenvalue weighted by molar-refractivity contribution is 6.91. The van der Waals surface area contributed by atoms with Crippen molar-refractivity contribution in [2.75, 3.05) is 5.50 Å². The van der Waals surface area contributed by atoms with Gasteiger partial charge in [-0.2, -0.15) is 0 Å². The van der Waals surface area contributed by atoms with Gasteiger partial charge in [0.05, 0.1) is 0 Å². The van der Waals surface area contributed by atoms with E-state index in [1.54, 1.807) is 0 Å². The van der Waals surface area contributed by atoms with Gasteiger partial charge in [0, 0.05) is 5.50 Å². The van der Waals surface area contributed by atoms with Gasteiger partial charge in [-0.25, -0.2) is 0 Å². The van der Waals surface area contributed by atoms with E-state index in [1.165, 1.54) is 21.1 Å². The van der Waals surface area contributed by atoms with Crippen LogP contribution in [-0.4, -0.2) is 14.3 Å². The molecule has 1 atom stereocenters. The van der Waals surface area contributed by atoms with Crippen LogP contribution >= 0.6 is 11.6 Å². The van der Waals surface area contributed by atoms with E-state index >= 15 is 0 Å². The lowest BCUT2D eigenvalue weighted by Crippen LogP contribution is -2.44. The maximum absolute atomic E-state index is 6.30. The zero-order chi connectivity index (χ0) is 13.1. The lowest BCUT2D eigenvalue weighted by atomic mass is 10.1. The average molecular weight is 283 g/mol. The van der Waals surface area contributed by atoms with Crippen molar-refractivity contribution < 1.29 is 0 Å². The van der Waals surface area contributed by atoms with Gasteiger partial charge in [-0.3, -0.25) is 0 Å². The predicted molar refractivity (Wildman–Crippen MR) is 87.5 cm³/mol. The molecule has 0 nitrogen and oxygen atoms in total. The highest BCUT2D eigenvalue weighted by atomic mass is 35.5. The fourth-order valence-corrected chi connectivity index (χ4v) is 6.00. The van der Waals surface area contributed by atoms with E-state index in [-0.39, 0.29) is 0 Å². The van der Waals surface area contributed by atoms with Gasteiger partial charge >= 0.3 is 0 Å². The Morgan fingerprint density at radius 2 is 1.42 bits per heavy atom.